The topological polar surface area (TPSA) is 0 Å². The van der Waals surface area contributed by atoms with Crippen LogP contribution in [0.5, 0.6) is 0 Å². The molecule has 0 saturated carbocycles. The van der Waals surface area contributed by atoms with Crippen LogP contribution >= 0.6 is 0 Å². The van der Waals surface area contributed by atoms with Gasteiger partial charge in [0, 0.05) is 5.92 Å². The van der Waals surface area contributed by atoms with Crippen molar-refractivity contribution in [2.45, 2.75) is 33.1 Å². The van der Waals surface area contributed by atoms with Crippen LogP contribution in [0.2, 0.25) is 0 Å². The Kier molecular flexibility index (Phi) is 5.50. The average molecular weight is 326 g/mol. The van der Waals surface area contributed by atoms with Gasteiger partial charge in [-0.15, -0.1) is 0 Å². The Bertz CT molecular complexity index is 836. The number of rotatable bonds is 5. The molecule has 1 unspecified atom stereocenters. The summed E-state index contributed by atoms with van der Waals surface area (Å²) in [4.78, 5) is 0. The van der Waals surface area contributed by atoms with Crippen LogP contribution in [0.1, 0.15) is 45.7 Å². The summed E-state index contributed by atoms with van der Waals surface area (Å²) in [5.74, 6) is 0.390. The zero-order valence-corrected chi connectivity index (χ0v) is 15.4. The number of allylic oxidation sites excluding steroid dienone is 1. The summed E-state index contributed by atoms with van der Waals surface area (Å²) in [7, 11) is 0. The first kappa shape index (κ1) is 17.2. The van der Waals surface area contributed by atoms with E-state index in [2.05, 4.69) is 106 Å². The van der Waals surface area contributed by atoms with Crippen LogP contribution in [0.3, 0.4) is 0 Å². The first-order chi connectivity index (χ1) is 12.1. The summed E-state index contributed by atoms with van der Waals surface area (Å²) >= 11 is 0. The van der Waals surface area contributed by atoms with Crippen molar-refractivity contribution in [3.05, 3.63) is 112 Å². The summed E-state index contributed by atoms with van der Waals surface area (Å²) < 4.78 is 0. The van der Waals surface area contributed by atoms with Gasteiger partial charge in [0.15, 0.2) is 0 Å². The van der Waals surface area contributed by atoms with Gasteiger partial charge in [-0.05, 0) is 43.9 Å². The molecule has 0 fully saturated rings. The molecule has 0 radical (unpaired) electrons. The lowest BCUT2D eigenvalue weighted by molar-refractivity contribution is 0.829. The van der Waals surface area contributed by atoms with E-state index in [9.17, 15) is 0 Å². The second kappa shape index (κ2) is 7.98. The minimum Gasteiger partial charge on any atom is -0.0830 e. The fraction of sp³-hybridized carbons (Fsp3) is 0.200. The van der Waals surface area contributed by atoms with Gasteiger partial charge in [0.2, 0.25) is 0 Å². The zero-order valence-electron chi connectivity index (χ0n) is 15.4. The molecule has 0 heteroatoms. The molecular weight excluding hydrogens is 300 g/mol. The maximum atomic E-state index is 2.32. The molecule has 1 atom stereocenters. The van der Waals surface area contributed by atoms with E-state index in [1.807, 2.05) is 0 Å². The van der Waals surface area contributed by atoms with Crippen LogP contribution in [0, 0.1) is 20.8 Å². The highest BCUT2D eigenvalue weighted by Crippen LogP contribution is 2.30. The number of hydrogen-bond donors (Lipinski definition) is 0. The van der Waals surface area contributed by atoms with Crippen molar-refractivity contribution < 1.29 is 0 Å². The van der Waals surface area contributed by atoms with E-state index < -0.39 is 0 Å². The first-order valence-electron chi connectivity index (χ1n) is 8.98. The molecule has 0 aliphatic rings. The quantitative estimate of drug-likeness (QED) is 0.481. The standard InChI is InChI=1S/C25H26/c1-19-9-7-10-22(16-19)11-8-14-25(23-12-5-4-6-13-23)24-17-20(2)15-21(3)18-24/h4-13,15-18,25H,14H2,1-3H3. The van der Waals surface area contributed by atoms with Crippen molar-refractivity contribution in [3.8, 4) is 0 Å². The smallest absolute Gasteiger partial charge is 0.0124 e. The molecule has 3 aromatic rings. The van der Waals surface area contributed by atoms with E-state index in [0.717, 1.165) is 6.42 Å². The van der Waals surface area contributed by atoms with Crippen LogP contribution in [0.15, 0.2) is 78.9 Å². The lowest BCUT2D eigenvalue weighted by Gasteiger charge is -2.18. The molecule has 0 aliphatic heterocycles. The summed E-state index contributed by atoms with van der Waals surface area (Å²) in [6, 6.07) is 26.4. The van der Waals surface area contributed by atoms with Gasteiger partial charge in [-0.1, -0.05) is 102 Å². The lowest BCUT2D eigenvalue weighted by atomic mass is 9.86. The normalized spacial score (nSPS) is 12.4. The second-order valence-electron chi connectivity index (χ2n) is 6.94. The highest BCUT2D eigenvalue weighted by Gasteiger charge is 2.13. The largest absolute Gasteiger partial charge is 0.0830 e. The van der Waals surface area contributed by atoms with Crippen LogP contribution in [0.25, 0.3) is 6.08 Å². The average Bonchev–Trinajstić information content (AvgIpc) is 2.59. The molecule has 0 bridgehead atoms. The highest BCUT2D eigenvalue weighted by atomic mass is 14.2. The monoisotopic (exact) mass is 326 g/mol. The molecule has 0 nitrogen and oxygen atoms in total. The van der Waals surface area contributed by atoms with Gasteiger partial charge in [-0.2, -0.15) is 0 Å². The molecule has 0 aromatic heterocycles. The molecule has 25 heavy (non-hydrogen) atoms. The summed E-state index contributed by atoms with van der Waals surface area (Å²) in [6.45, 7) is 6.50. The van der Waals surface area contributed by atoms with Crippen LogP contribution in [0.4, 0.5) is 0 Å². The van der Waals surface area contributed by atoms with E-state index >= 15 is 0 Å². The Hall–Kier alpha value is -2.60. The number of aryl methyl sites for hydroxylation is 3. The minimum absolute atomic E-state index is 0.390. The van der Waals surface area contributed by atoms with Crippen LogP contribution in [-0.4, -0.2) is 0 Å². The Morgan fingerprint density at radius 3 is 2.08 bits per heavy atom. The third kappa shape index (κ3) is 4.70. The van der Waals surface area contributed by atoms with Gasteiger partial charge in [0.25, 0.3) is 0 Å². The maximum absolute atomic E-state index is 2.32. The van der Waals surface area contributed by atoms with Gasteiger partial charge in [-0.25, -0.2) is 0 Å². The Morgan fingerprint density at radius 2 is 1.40 bits per heavy atom. The number of hydrogen-bond acceptors (Lipinski definition) is 0. The molecule has 0 spiro atoms. The van der Waals surface area contributed by atoms with Crippen molar-refractivity contribution in [2.75, 3.05) is 0 Å². The van der Waals surface area contributed by atoms with Gasteiger partial charge in [-0.3, -0.25) is 0 Å². The van der Waals surface area contributed by atoms with Crippen LogP contribution in [-0.2, 0) is 0 Å². The van der Waals surface area contributed by atoms with Gasteiger partial charge in [0.1, 0.15) is 0 Å². The second-order valence-corrected chi connectivity index (χ2v) is 6.94. The van der Waals surface area contributed by atoms with Crippen molar-refractivity contribution in [2.24, 2.45) is 0 Å². The molecule has 3 rings (SSSR count). The maximum Gasteiger partial charge on any atom is 0.0124 e. The third-order valence-electron chi connectivity index (χ3n) is 4.57. The molecule has 0 saturated heterocycles. The SMILES string of the molecule is Cc1cccc(C=CCC(c2ccccc2)c2cc(C)cc(C)c2)c1. The fourth-order valence-electron chi connectivity index (χ4n) is 3.48. The molecule has 0 amide bonds. The molecular formula is C25H26. The summed E-state index contributed by atoms with van der Waals surface area (Å²) in [5, 5.41) is 0. The van der Waals surface area contributed by atoms with Crippen molar-refractivity contribution in [1.82, 2.24) is 0 Å². The predicted octanol–water partition coefficient (Wildman–Crippen LogP) is 6.85. The molecule has 0 heterocycles. The Labute approximate surface area is 151 Å². The minimum atomic E-state index is 0.390. The molecule has 0 aliphatic carbocycles. The molecule has 0 N–H and O–H groups in total. The van der Waals surface area contributed by atoms with E-state index in [0.29, 0.717) is 5.92 Å². The Balaban J connectivity index is 1.89. The van der Waals surface area contributed by atoms with Crippen molar-refractivity contribution in [3.63, 3.8) is 0 Å². The van der Waals surface area contributed by atoms with Crippen molar-refractivity contribution in [1.29, 1.82) is 0 Å². The summed E-state index contributed by atoms with van der Waals surface area (Å²) in [6.07, 6.45) is 5.55. The van der Waals surface area contributed by atoms with Crippen molar-refractivity contribution >= 4 is 6.08 Å². The van der Waals surface area contributed by atoms with E-state index in [4.69, 9.17) is 0 Å². The van der Waals surface area contributed by atoms with E-state index in [1.54, 1.807) is 0 Å². The van der Waals surface area contributed by atoms with Gasteiger partial charge < -0.3 is 0 Å². The third-order valence-corrected chi connectivity index (χ3v) is 4.57. The first-order valence-corrected chi connectivity index (χ1v) is 8.98. The number of benzene rings is 3. The van der Waals surface area contributed by atoms with Gasteiger partial charge >= 0.3 is 0 Å². The highest BCUT2D eigenvalue weighted by molar-refractivity contribution is 5.51. The van der Waals surface area contributed by atoms with Crippen LogP contribution < -0.4 is 0 Å². The van der Waals surface area contributed by atoms with Gasteiger partial charge in [0.05, 0.1) is 0 Å². The predicted molar refractivity (Wildman–Crippen MR) is 109 cm³/mol. The molecule has 3 aromatic carbocycles. The zero-order chi connectivity index (χ0) is 17.6. The summed E-state index contributed by atoms with van der Waals surface area (Å²) in [5.41, 5.74) is 8.01. The fourth-order valence-corrected chi connectivity index (χ4v) is 3.48. The Morgan fingerprint density at radius 1 is 0.680 bits per heavy atom. The lowest BCUT2D eigenvalue weighted by Crippen LogP contribution is -2.01. The molecule has 126 valence electrons. The van der Waals surface area contributed by atoms with E-state index in [1.165, 1.54) is 33.4 Å². The van der Waals surface area contributed by atoms with E-state index in [-0.39, 0.29) is 0 Å².